The third-order valence-electron chi connectivity index (χ3n) is 3.88. The van der Waals surface area contributed by atoms with Crippen molar-refractivity contribution < 1.29 is 13.2 Å². The number of anilines is 1. The van der Waals surface area contributed by atoms with Gasteiger partial charge in [0.25, 0.3) is 10.0 Å². The molecular formula is C18H21N3O3S. The van der Waals surface area contributed by atoms with Crippen LogP contribution in [0.4, 0.5) is 5.69 Å². The largest absolute Gasteiger partial charge is 0.494 e. The van der Waals surface area contributed by atoms with Crippen molar-refractivity contribution in [3.63, 3.8) is 0 Å². The highest BCUT2D eigenvalue weighted by Gasteiger charge is 2.16. The van der Waals surface area contributed by atoms with Gasteiger partial charge in [-0.15, -0.1) is 0 Å². The van der Waals surface area contributed by atoms with Crippen LogP contribution in [0.15, 0.2) is 53.6 Å². The molecule has 0 saturated carbocycles. The van der Waals surface area contributed by atoms with Crippen molar-refractivity contribution in [2.45, 2.75) is 18.2 Å². The highest BCUT2D eigenvalue weighted by atomic mass is 32.2. The third-order valence-corrected chi connectivity index (χ3v) is 5.26. The van der Waals surface area contributed by atoms with Gasteiger partial charge in [-0.3, -0.25) is 4.72 Å². The predicted molar refractivity (Wildman–Crippen MR) is 99.5 cm³/mol. The first kappa shape index (κ1) is 17.3. The fraction of sp³-hybridized carbons (Fsp3) is 0.222. The zero-order valence-electron chi connectivity index (χ0n) is 14.0. The van der Waals surface area contributed by atoms with E-state index in [2.05, 4.69) is 9.71 Å². The standard InChI is InChI=1S/C18H21N3O3S/c1-2-24-15-5-3-14(4-6-15)21-25(22,23)16-7-8-18-17(11-16)13(9-10-19)12-20-18/h3-8,11-12,20-21H,2,9-10,19H2,1H3. The van der Waals surface area contributed by atoms with E-state index in [1.54, 1.807) is 42.5 Å². The minimum atomic E-state index is -3.68. The molecule has 132 valence electrons. The lowest BCUT2D eigenvalue weighted by atomic mass is 10.1. The van der Waals surface area contributed by atoms with Crippen LogP contribution in [0.1, 0.15) is 12.5 Å². The number of H-pyrrole nitrogens is 1. The summed E-state index contributed by atoms with van der Waals surface area (Å²) >= 11 is 0. The molecular weight excluding hydrogens is 338 g/mol. The number of sulfonamides is 1. The van der Waals surface area contributed by atoms with Gasteiger partial charge in [0.1, 0.15) is 5.75 Å². The smallest absolute Gasteiger partial charge is 0.261 e. The first-order valence-electron chi connectivity index (χ1n) is 8.09. The summed E-state index contributed by atoms with van der Waals surface area (Å²) in [5.41, 5.74) is 8.00. The number of aromatic nitrogens is 1. The van der Waals surface area contributed by atoms with E-state index >= 15 is 0 Å². The lowest BCUT2D eigenvalue weighted by Gasteiger charge is -2.10. The second-order valence-corrected chi connectivity index (χ2v) is 7.31. The molecule has 6 nitrogen and oxygen atoms in total. The molecule has 0 spiro atoms. The molecule has 0 amide bonds. The Kier molecular flexibility index (Phi) is 4.96. The Labute approximate surface area is 147 Å². The van der Waals surface area contributed by atoms with Crippen molar-refractivity contribution >= 4 is 26.6 Å². The maximum Gasteiger partial charge on any atom is 0.261 e. The van der Waals surface area contributed by atoms with Gasteiger partial charge >= 0.3 is 0 Å². The van der Waals surface area contributed by atoms with Gasteiger partial charge in [0, 0.05) is 22.8 Å². The van der Waals surface area contributed by atoms with Crippen LogP contribution in [0.5, 0.6) is 5.75 Å². The summed E-state index contributed by atoms with van der Waals surface area (Å²) in [5.74, 6) is 0.700. The molecule has 4 N–H and O–H groups in total. The van der Waals surface area contributed by atoms with Gasteiger partial charge in [-0.2, -0.15) is 0 Å². The molecule has 0 atom stereocenters. The van der Waals surface area contributed by atoms with E-state index in [1.165, 1.54) is 0 Å². The molecule has 0 unspecified atom stereocenters. The molecule has 0 radical (unpaired) electrons. The molecule has 1 heterocycles. The van der Waals surface area contributed by atoms with Crippen LogP contribution in [0, 0.1) is 0 Å². The van der Waals surface area contributed by atoms with Crippen LogP contribution >= 0.6 is 0 Å². The number of nitrogens with two attached hydrogens (primary N) is 1. The number of fused-ring (bicyclic) bond motifs is 1. The molecule has 1 aromatic heterocycles. The van der Waals surface area contributed by atoms with Crippen molar-refractivity contribution in [1.82, 2.24) is 4.98 Å². The molecule has 7 heteroatoms. The Hall–Kier alpha value is -2.51. The van der Waals surface area contributed by atoms with E-state index in [4.69, 9.17) is 10.5 Å². The average molecular weight is 359 g/mol. The minimum absolute atomic E-state index is 0.215. The molecule has 0 fully saturated rings. The lowest BCUT2D eigenvalue weighted by molar-refractivity contribution is 0.340. The molecule has 2 aromatic carbocycles. The molecule has 0 aliphatic heterocycles. The number of hydrogen-bond donors (Lipinski definition) is 3. The Morgan fingerprint density at radius 2 is 1.92 bits per heavy atom. The summed E-state index contributed by atoms with van der Waals surface area (Å²) in [7, 11) is -3.68. The first-order chi connectivity index (χ1) is 12.0. The van der Waals surface area contributed by atoms with Gasteiger partial charge in [-0.05, 0) is 67.9 Å². The van der Waals surface area contributed by atoms with Crippen molar-refractivity contribution in [1.29, 1.82) is 0 Å². The van der Waals surface area contributed by atoms with Crippen molar-refractivity contribution in [3.05, 3.63) is 54.2 Å². The average Bonchev–Trinajstić information content (AvgIpc) is 2.99. The summed E-state index contributed by atoms with van der Waals surface area (Å²) in [6.45, 7) is 2.97. The second-order valence-electron chi connectivity index (χ2n) is 5.62. The summed E-state index contributed by atoms with van der Waals surface area (Å²) < 4.78 is 33.3. The number of nitrogens with one attached hydrogen (secondary N) is 2. The van der Waals surface area contributed by atoms with Gasteiger partial charge in [0.2, 0.25) is 0 Å². The molecule has 0 bridgehead atoms. The maximum absolute atomic E-state index is 12.7. The first-order valence-corrected chi connectivity index (χ1v) is 9.57. The Morgan fingerprint density at radius 3 is 2.60 bits per heavy atom. The molecule has 25 heavy (non-hydrogen) atoms. The monoisotopic (exact) mass is 359 g/mol. The number of ether oxygens (including phenoxy) is 1. The topological polar surface area (TPSA) is 97.2 Å². The van der Waals surface area contributed by atoms with E-state index in [9.17, 15) is 8.42 Å². The van der Waals surface area contributed by atoms with E-state index in [0.29, 0.717) is 31.0 Å². The summed E-state index contributed by atoms with van der Waals surface area (Å²) in [4.78, 5) is 3.35. The summed E-state index contributed by atoms with van der Waals surface area (Å²) in [6, 6.07) is 11.8. The van der Waals surface area contributed by atoms with Crippen molar-refractivity contribution in [2.24, 2.45) is 5.73 Å². The third kappa shape index (κ3) is 3.78. The fourth-order valence-corrected chi connectivity index (χ4v) is 3.77. The van der Waals surface area contributed by atoms with Crippen LogP contribution in [0.3, 0.4) is 0 Å². The van der Waals surface area contributed by atoms with Crippen molar-refractivity contribution in [3.8, 4) is 5.75 Å². The van der Waals surface area contributed by atoms with Gasteiger partial charge in [0.05, 0.1) is 11.5 Å². The molecule has 0 aliphatic rings. The SMILES string of the molecule is CCOc1ccc(NS(=O)(=O)c2ccc3[nH]cc(CCN)c3c2)cc1. The Morgan fingerprint density at radius 1 is 1.16 bits per heavy atom. The Balaban J connectivity index is 1.88. The van der Waals surface area contributed by atoms with E-state index < -0.39 is 10.0 Å². The van der Waals surface area contributed by atoms with Gasteiger partial charge in [-0.25, -0.2) is 8.42 Å². The zero-order valence-corrected chi connectivity index (χ0v) is 14.8. The van der Waals surface area contributed by atoms with Crippen LogP contribution < -0.4 is 15.2 Å². The molecule has 0 saturated heterocycles. The summed E-state index contributed by atoms with van der Waals surface area (Å²) in [6.07, 6.45) is 2.56. The fourth-order valence-electron chi connectivity index (χ4n) is 2.69. The highest BCUT2D eigenvalue weighted by molar-refractivity contribution is 7.92. The zero-order chi connectivity index (χ0) is 17.9. The van der Waals surface area contributed by atoms with Crippen LogP contribution in [0.2, 0.25) is 0 Å². The summed E-state index contributed by atoms with van der Waals surface area (Å²) in [5, 5.41) is 0.875. The predicted octanol–water partition coefficient (Wildman–Crippen LogP) is 2.87. The van der Waals surface area contributed by atoms with E-state index in [-0.39, 0.29) is 4.90 Å². The Bertz CT molecular complexity index is 963. The number of benzene rings is 2. The van der Waals surface area contributed by atoms with E-state index in [1.807, 2.05) is 13.1 Å². The lowest BCUT2D eigenvalue weighted by Crippen LogP contribution is -2.13. The van der Waals surface area contributed by atoms with Crippen LogP contribution in [0.25, 0.3) is 10.9 Å². The van der Waals surface area contributed by atoms with E-state index in [0.717, 1.165) is 16.5 Å². The maximum atomic E-state index is 12.7. The number of hydrogen-bond acceptors (Lipinski definition) is 4. The second kappa shape index (κ2) is 7.16. The number of aromatic amines is 1. The van der Waals surface area contributed by atoms with Gasteiger partial charge in [-0.1, -0.05) is 0 Å². The highest BCUT2D eigenvalue weighted by Crippen LogP contribution is 2.24. The molecule has 3 aromatic rings. The quantitative estimate of drug-likeness (QED) is 0.604. The minimum Gasteiger partial charge on any atom is -0.494 e. The molecule has 3 rings (SSSR count). The van der Waals surface area contributed by atoms with Gasteiger partial charge < -0.3 is 15.5 Å². The normalized spacial score (nSPS) is 11.6. The number of rotatable bonds is 7. The van der Waals surface area contributed by atoms with Crippen LogP contribution in [-0.4, -0.2) is 26.6 Å². The van der Waals surface area contributed by atoms with Crippen LogP contribution in [-0.2, 0) is 16.4 Å². The van der Waals surface area contributed by atoms with Crippen molar-refractivity contribution in [2.75, 3.05) is 17.9 Å². The van der Waals surface area contributed by atoms with Gasteiger partial charge in [0.15, 0.2) is 0 Å². The molecule has 0 aliphatic carbocycles.